The van der Waals surface area contributed by atoms with Gasteiger partial charge in [0.15, 0.2) is 0 Å². The Kier molecular flexibility index (Phi) is 4.74. The third-order valence-electron chi connectivity index (χ3n) is 5.32. The summed E-state index contributed by atoms with van der Waals surface area (Å²) in [6, 6.07) is 40.0. The van der Waals surface area contributed by atoms with E-state index in [0.29, 0.717) is 0 Å². The lowest BCUT2D eigenvalue weighted by molar-refractivity contribution is 0.892. The van der Waals surface area contributed by atoms with Gasteiger partial charge < -0.3 is 0 Å². The van der Waals surface area contributed by atoms with Crippen molar-refractivity contribution >= 4 is 0 Å². The summed E-state index contributed by atoms with van der Waals surface area (Å²) in [5.41, 5.74) is 8.95. The minimum atomic E-state index is 0.987. The summed E-state index contributed by atoms with van der Waals surface area (Å²) in [4.78, 5) is 0. The van der Waals surface area contributed by atoms with Crippen molar-refractivity contribution < 1.29 is 0 Å². The molecule has 4 aromatic carbocycles. The molecule has 5 aromatic rings. The van der Waals surface area contributed by atoms with Gasteiger partial charge in [0, 0.05) is 16.7 Å². The maximum atomic E-state index is 5.14. The van der Waals surface area contributed by atoms with E-state index in [9.17, 15) is 0 Å². The number of aromatic nitrogens is 2. The molecule has 2 heteroatoms. The molecule has 144 valence electrons. The molecule has 30 heavy (non-hydrogen) atoms. The highest BCUT2D eigenvalue weighted by molar-refractivity contribution is 5.92. The Morgan fingerprint density at radius 1 is 0.533 bits per heavy atom. The summed E-state index contributed by atoms with van der Waals surface area (Å²) >= 11 is 0. The first kappa shape index (κ1) is 18.1. The number of hydrogen-bond acceptors (Lipinski definition) is 1. The van der Waals surface area contributed by atoms with Crippen LogP contribution in [0.1, 0.15) is 5.56 Å². The largest absolute Gasteiger partial charge is 0.232 e. The molecule has 0 N–H and O–H groups in total. The van der Waals surface area contributed by atoms with Crippen molar-refractivity contribution in [1.82, 2.24) is 9.78 Å². The zero-order valence-electron chi connectivity index (χ0n) is 16.9. The second-order valence-corrected chi connectivity index (χ2v) is 7.42. The molecule has 1 heterocycles. The summed E-state index contributed by atoms with van der Waals surface area (Å²) in [7, 11) is 0. The third-order valence-corrected chi connectivity index (χ3v) is 5.32. The Morgan fingerprint density at radius 2 is 1.07 bits per heavy atom. The summed E-state index contributed by atoms with van der Waals surface area (Å²) in [5.74, 6) is 0. The van der Waals surface area contributed by atoms with Crippen LogP contribution in [0.2, 0.25) is 0 Å². The van der Waals surface area contributed by atoms with Crippen molar-refractivity contribution in [2.75, 3.05) is 0 Å². The van der Waals surface area contributed by atoms with E-state index >= 15 is 0 Å². The van der Waals surface area contributed by atoms with Crippen molar-refractivity contribution in [2.45, 2.75) is 6.92 Å². The van der Waals surface area contributed by atoms with Gasteiger partial charge in [-0.15, -0.1) is 0 Å². The van der Waals surface area contributed by atoms with Gasteiger partial charge in [0.1, 0.15) is 5.69 Å². The van der Waals surface area contributed by atoms with Crippen LogP contribution in [-0.2, 0) is 0 Å². The third kappa shape index (κ3) is 3.33. The molecule has 0 fully saturated rings. The minimum Gasteiger partial charge on any atom is -0.232 e. The lowest BCUT2D eigenvalue weighted by atomic mass is 9.95. The van der Waals surface area contributed by atoms with E-state index in [4.69, 9.17) is 5.10 Å². The Bertz CT molecular complexity index is 1250. The fourth-order valence-electron chi connectivity index (χ4n) is 3.83. The van der Waals surface area contributed by atoms with Gasteiger partial charge >= 0.3 is 0 Å². The standard InChI is InChI=1S/C28H22N2/c1-21-17-19-24(20-18-21)28-26(22-11-5-2-6-12-22)27(23-13-7-3-8-14-23)29-30(28)25-15-9-4-10-16-25/h2-20H,1H3. The highest BCUT2D eigenvalue weighted by atomic mass is 15.3. The van der Waals surface area contributed by atoms with Crippen molar-refractivity contribution in [1.29, 1.82) is 0 Å². The summed E-state index contributed by atoms with van der Waals surface area (Å²) in [6.07, 6.45) is 0. The van der Waals surface area contributed by atoms with E-state index in [0.717, 1.165) is 39.3 Å². The van der Waals surface area contributed by atoms with Gasteiger partial charge in [-0.05, 0) is 24.6 Å². The first-order valence-electron chi connectivity index (χ1n) is 10.2. The van der Waals surface area contributed by atoms with E-state index < -0.39 is 0 Å². The Morgan fingerprint density at radius 3 is 1.67 bits per heavy atom. The first-order chi connectivity index (χ1) is 14.8. The predicted molar refractivity (Wildman–Crippen MR) is 125 cm³/mol. The van der Waals surface area contributed by atoms with Gasteiger partial charge in [-0.25, -0.2) is 4.68 Å². The van der Waals surface area contributed by atoms with Crippen molar-refractivity contribution in [3.8, 4) is 39.3 Å². The second-order valence-electron chi connectivity index (χ2n) is 7.42. The summed E-state index contributed by atoms with van der Waals surface area (Å²) in [5, 5.41) is 5.14. The van der Waals surface area contributed by atoms with Crippen molar-refractivity contribution in [3.05, 3.63) is 121 Å². The van der Waals surface area contributed by atoms with Gasteiger partial charge in [-0.3, -0.25) is 0 Å². The maximum absolute atomic E-state index is 5.14. The van der Waals surface area contributed by atoms with E-state index in [1.165, 1.54) is 5.56 Å². The number of para-hydroxylation sites is 1. The second kappa shape index (κ2) is 7.84. The normalized spacial score (nSPS) is 10.8. The zero-order chi connectivity index (χ0) is 20.3. The van der Waals surface area contributed by atoms with E-state index in [-0.39, 0.29) is 0 Å². The molecule has 5 rings (SSSR count). The molecule has 1 aromatic heterocycles. The predicted octanol–water partition coefficient (Wildman–Crippen LogP) is 7.18. The highest BCUT2D eigenvalue weighted by Crippen LogP contribution is 2.41. The number of aryl methyl sites for hydroxylation is 1. The lowest BCUT2D eigenvalue weighted by Crippen LogP contribution is -1.99. The molecular weight excluding hydrogens is 364 g/mol. The average molecular weight is 386 g/mol. The SMILES string of the molecule is Cc1ccc(-c2c(-c3ccccc3)c(-c3ccccc3)nn2-c2ccccc2)cc1. The molecule has 0 aliphatic carbocycles. The van der Waals surface area contributed by atoms with Crippen LogP contribution in [0.4, 0.5) is 0 Å². The molecular formula is C28H22N2. The molecule has 0 aliphatic rings. The van der Waals surface area contributed by atoms with Gasteiger partial charge in [0.25, 0.3) is 0 Å². The minimum absolute atomic E-state index is 0.987. The molecule has 0 bridgehead atoms. The van der Waals surface area contributed by atoms with Gasteiger partial charge in [-0.1, -0.05) is 109 Å². The molecule has 0 saturated heterocycles. The van der Waals surface area contributed by atoms with Gasteiger partial charge in [-0.2, -0.15) is 5.10 Å². The fraction of sp³-hybridized carbons (Fsp3) is 0.0357. The molecule has 0 saturated carbocycles. The number of nitrogens with zero attached hydrogens (tertiary/aromatic N) is 2. The van der Waals surface area contributed by atoms with Crippen molar-refractivity contribution in [2.24, 2.45) is 0 Å². The van der Waals surface area contributed by atoms with Crippen LogP contribution in [0, 0.1) is 6.92 Å². The topological polar surface area (TPSA) is 17.8 Å². The fourth-order valence-corrected chi connectivity index (χ4v) is 3.83. The van der Waals surface area contributed by atoms with E-state index in [1.807, 2.05) is 12.1 Å². The smallest absolute Gasteiger partial charge is 0.101 e. The van der Waals surface area contributed by atoms with Crippen LogP contribution in [0.25, 0.3) is 39.3 Å². The number of rotatable bonds is 4. The monoisotopic (exact) mass is 386 g/mol. The first-order valence-corrected chi connectivity index (χ1v) is 10.2. The summed E-state index contributed by atoms with van der Waals surface area (Å²) in [6.45, 7) is 2.12. The Balaban J connectivity index is 1.88. The molecule has 0 atom stereocenters. The maximum Gasteiger partial charge on any atom is 0.101 e. The van der Waals surface area contributed by atoms with E-state index in [2.05, 4.69) is 115 Å². The van der Waals surface area contributed by atoms with Crippen LogP contribution in [0.5, 0.6) is 0 Å². The quantitative estimate of drug-likeness (QED) is 0.320. The van der Waals surface area contributed by atoms with E-state index in [1.54, 1.807) is 0 Å². The zero-order valence-corrected chi connectivity index (χ0v) is 16.9. The molecule has 0 spiro atoms. The summed E-state index contributed by atoms with van der Waals surface area (Å²) < 4.78 is 2.08. The van der Waals surface area contributed by atoms with Gasteiger partial charge in [0.2, 0.25) is 0 Å². The molecule has 2 nitrogen and oxygen atoms in total. The lowest BCUT2D eigenvalue weighted by Gasteiger charge is -2.11. The molecule has 0 aliphatic heterocycles. The average Bonchev–Trinajstić information content (AvgIpc) is 3.22. The van der Waals surface area contributed by atoms with Crippen molar-refractivity contribution in [3.63, 3.8) is 0 Å². The van der Waals surface area contributed by atoms with Crippen LogP contribution in [0.3, 0.4) is 0 Å². The van der Waals surface area contributed by atoms with Crippen LogP contribution in [0.15, 0.2) is 115 Å². The highest BCUT2D eigenvalue weighted by Gasteiger charge is 2.22. The van der Waals surface area contributed by atoms with Crippen LogP contribution >= 0.6 is 0 Å². The van der Waals surface area contributed by atoms with Crippen LogP contribution < -0.4 is 0 Å². The molecule has 0 unspecified atom stereocenters. The molecule has 0 radical (unpaired) electrons. The van der Waals surface area contributed by atoms with Gasteiger partial charge in [0.05, 0.1) is 11.4 Å². The van der Waals surface area contributed by atoms with Crippen LogP contribution in [-0.4, -0.2) is 9.78 Å². The number of hydrogen-bond donors (Lipinski definition) is 0. The Labute approximate surface area is 177 Å². The number of benzene rings is 4. The molecule has 0 amide bonds. The Hall–Kier alpha value is -3.91.